The molecule has 1 heterocycles. The number of nitrogens with one attached hydrogen (secondary N) is 2. The van der Waals surface area contributed by atoms with E-state index in [1.165, 1.54) is 0 Å². The van der Waals surface area contributed by atoms with Gasteiger partial charge in [0.15, 0.2) is 0 Å². The molecule has 38 heavy (non-hydrogen) atoms. The van der Waals surface area contributed by atoms with Gasteiger partial charge in [-0.1, -0.05) is 91.0 Å². The minimum Gasteiger partial charge on any atom is -0.374 e. The van der Waals surface area contributed by atoms with Crippen molar-refractivity contribution in [1.29, 1.82) is 0 Å². The molecular formula is C30H34N2O6. The van der Waals surface area contributed by atoms with E-state index in [0.29, 0.717) is 32.8 Å². The van der Waals surface area contributed by atoms with Crippen molar-refractivity contribution in [2.45, 2.75) is 44.2 Å². The molecule has 0 radical (unpaired) electrons. The van der Waals surface area contributed by atoms with Gasteiger partial charge in [0.25, 0.3) is 0 Å². The summed E-state index contributed by atoms with van der Waals surface area (Å²) < 4.78 is 25.1. The summed E-state index contributed by atoms with van der Waals surface area (Å²) in [5, 5.41) is 5.33. The third kappa shape index (κ3) is 8.49. The first-order chi connectivity index (χ1) is 18.7. The Morgan fingerprint density at radius 2 is 1.32 bits per heavy atom. The van der Waals surface area contributed by atoms with Crippen molar-refractivity contribution >= 4 is 12.3 Å². The fraction of sp³-hybridized carbons (Fsp3) is 0.333. The van der Waals surface area contributed by atoms with E-state index in [2.05, 4.69) is 10.6 Å². The van der Waals surface area contributed by atoms with Crippen LogP contribution < -0.4 is 10.6 Å². The fourth-order valence-electron chi connectivity index (χ4n) is 4.33. The van der Waals surface area contributed by atoms with Gasteiger partial charge < -0.3 is 29.6 Å². The third-order valence-electron chi connectivity index (χ3n) is 6.23. The molecular weight excluding hydrogens is 484 g/mol. The Balaban J connectivity index is 1.50. The van der Waals surface area contributed by atoms with Gasteiger partial charge in [0, 0.05) is 0 Å². The van der Waals surface area contributed by atoms with E-state index in [1.807, 2.05) is 91.0 Å². The summed E-state index contributed by atoms with van der Waals surface area (Å²) in [7, 11) is 0. The highest BCUT2D eigenvalue weighted by Crippen LogP contribution is 2.25. The molecule has 4 atom stereocenters. The zero-order chi connectivity index (χ0) is 26.4. The van der Waals surface area contributed by atoms with Crippen LogP contribution in [-0.4, -0.2) is 56.4 Å². The molecule has 2 N–H and O–H groups in total. The van der Waals surface area contributed by atoms with E-state index in [4.69, 9.17) is 18.9 Å². The Morgan fingerprint density at radius 3 is 1.87 bits per heavy atom. The number of ether oxygens (including phenoxy) is 4. The molecule has 0 aliphatic carbocycles. The van der Waals surface area contributed by atoms with Gasteiger partial charge in [-0.05, 0) is 16.7 Å². The monoisotopic (exact) mass is 518 g/mol. The summed E-state index contributed by atoms with van der Waals surface area (Å²) in [6.45, 7) is 1.52. The van der Waals surface area contributed by atoms with E-state index in [-0.39, 0.29) is 19.1 Å². The number of hydrogen-bond donors (Lipinski definition) is 2. The largest absolute Gasteiger partial charge is 0.374 e. The number of hydrogen-bond acceptors (Lipinski definition) is 6. The van der Waals surface area contributed by atoms with Crippen molar-refractivity contribution in [3.8, 4) is 0 Å². The van der Waals surface area contributed by atoms with Crippen molar-refractivity contribution in [2.24, 2.45) is 0 Å². The van der Waals surface area contributed by atoms with E-state index in [1.54, 1.807) is 0 Å². The van der Waals surface area contributed by atoms with Gasteiger partial charge in [-0.2, -0.15) is 0 Å². The van der Waals surface area contributed by atoms with E-state index < -0.39 is 24.4 Å². The van der Waals surface area contributed by atoms with Gasteiger partial charge in [0.1, 0.15) is 18.3 Å². The molecule has 3 unspecified atom stereocenters. The molecule has 3 aromatic carbocycles. The lowest BCUT2D eigenvalue weighted by atomic mass is 9.97. The number of carbonyl (C=O) groups excluding carboxylic acids is 2. The molecule has 4 rings (SSSR count). The summed E-state index contributed by atoms with van der Waals surface area (Å²) in [4.78, 5) is 23.1. The Hall–Kier alpha value is -3.56. The highest BCUT2D eigenvalue weighted by Gasteiger charge is 2.43. The Morgan fingerprint density at radius 1 is 0.789 bits per heavy atom. The second-order valence-corrected chi connectivity index (χ2v) is 9.07. The summed E-state index contributed by atoms with van der Waals surface area (Å²) >= 11 is 0. The molecule has 0 aromatic heterocycles. The first kappa shape index (κ1) is 27.5. The molecule has 0 saturated carbocycles. The third-order valence-corrected chi connectivity index (χ3v) is 6.23. The van der Waals surface area contributed by atoms with Crippen LogP contribution in [0.4, 0.5) is 0 Å². The molecule has 1 fully saturated rings. The molecule has 200 valence electrons. The Labute approximate surface area is 223 Å². The van der Waals surface area contributed by atoms with Gasteiger partial charge in [-0.3, -0.25) is 9.59 Å². The van der Waals surface area contributed by atoms with Crippen molar-refractivity contribution < 1.29 is 28.5 Å². The summed E-state index contributed by atoms with van der Waals surface area (Å²) in [6, 6.07) is 29.2. The number of benzene rings is 3. The van der Waals surface area contributed by atoms with Crippen LogP contribution in [0.25, 0.3) is 0 Å². The Bertz CT molecular complexity index is 1100. The van der Waals surface area contributed by atoms with Crippen LogP contribution in [-0.2, 0) is 48.4 Å². The smallest absolute Gasteiger partial charge is 0.239 e. The lowest BCUT2D eigenvalue weighted by Crippen LogP contribution is -2.62. The standard InChI is InChI=1S/C30H34N2O6/c33-22-31-16-28(34)32-26-20-36-27(21-35-17-23-10-4-1-5-11-23)30(38-19-25-14-8-3-9-15-25)29(26)37-18-24-12-6-2-7-13-24/h1-15,22,26-27,29-30H,16-21H2,(H,31,33)(H,32,34)/t26-,27?,29?,30?/m1/s1. The summed E-state index contributed by atoms with van der Waals surface area (Å²) in [5.74, 6) is -0.334. The average molecular weight is 519 g/mol. The summed E-state index contributed by atoms with van der Waals surface area (Å²) in [5.41, 5.74) is 3.08. The molecule has 1 aliphatic rings. The van der Waals surface area contributed by atoms with Gasteiger partial charge in [0.05, 0.1) is 45.6 Å². The second-order valence-electron chi connectivity index (χ2n) is 9.07. The van der Waals surface area contributed by atoms with E-state index in [9.17, 15) is 9.59 Å². The minimum absolute atomic E-state index is 0.134. The number of carbonyl (C=O) groups is 2. The van der Waals surface area contributed by atoms with Crippen molar-refractivity contribution in [2.75, 3.05) is 19.8 Å². The average Bonchev–Trinajstić information content (AvgIpc) is 2.96. The maximum Gasteiger partial charge on any atom is 0.239 e. The lowest BCUT2D eigenvalue weighted by Gasteiger charge is -2.42. The van der Waals surface area contributed by atoms with Crippen LogP contribution in [0.2, 0.25) is 0 Å². The molecule has 1 saturated heterocycles. The molecule has 2 amide bonds. The van der Waals surface area contributed by atoms with Crippen LogP contribution >= 0.6 is 0 Å². The zero-order valence-electron chi connectivity index (χ0n) is 21.2. The maximum absolute atomic E-state index is 12.5. The molecule has 8 nitrogen and oxygen atoms in total. The Kier molecular flexibility index (Phi) is 10.8. The number of rotatable bonds is 14. The van der Waals surface area contributed by atoms with Crippen LogP contribution in [0.15, 0.2) is 91.0 Å². The summed E-state index contributed by atoms with van der Waals surface area (Å²) in [6.07, 6.45) is -0.956. The lowest BCUT2D eigenvalue weighted by molar-refractivity contribution is -0.208. The van der Waals surface area contributed by atoms with Gasteiger partial charge in [-0.15, -0.1) is 0 Å². The van der Waals surface area contributed by atoms with Crippen molar-refractivity contribution in [3.63, 3.8) is 0 Å². The zero-order valence-corrected chi connectivity index (χ0v) is 21.2. The maximum atomic E-state index is 12.5. The van der Waals surface area contributed by atoms with Crippen LogP contribution in [0.1, 0.15) is 16.7 Å². The quantitative estimate of drug-likeness (QED) is 0.319. The van der Waals surface area contributed by atoms with Gasteiger partial charge in [0.2, 0.25) is 12.3 Å². The van der Waals surface area contributed by atoms with Gasteiger partial charge >= 0.3 is 0 Å². The van der Waals surface area contributed by atoms with Gasteiger partial charge in [-0.25, -0.2) is 0 Å². The second kappa shape index (κ2) is 15.0. The van der Waals surface area contributed by atoms with Crippen LogP contribution in [0.5, 0.6) is 0 Å². The molecule has 0 spiro atoms. The van der Waals surface area contributed by atoms with Crippen LogP contribution in [0.3, 0.4) is 0 Å². The minimum atomic E-state index is -0.521. The first-order valence-electron chi connectivity index (χ1n) is 12.7. The SMILES string of the molecule is O=CNCC(=O)N[C@@H]1COC(COCc2ccccc2)C(OCc2ccccc2)C1OCc1ccccc1. The first-order valence-corrected chi connectivity index (χ1v) is 12.7. The van der Waals surface area contributed by atoms with Crippen LogP contribution in [0, 0.1) is 0 Å². The van der Waals surface area contributed by atoms with Crippen molar-refractivity contribution in [3.05, 3.63) is 108 Å². The highest BCUT2D eigenvalue weighted by molar-refractivity contribution is 5.80. The molecule has 3 aromatic rings. The number of amides is 2. The predicted molar refractivity (Wildman–Crippen MR) is 142 cm³/mol. The van der Waals surface area contributed by atoms with E-state index in [0.717, 1.165) is 16.7 Å². The predicted octanol–water partition coefficient (Wildman–Crippen LogP) is 3.00. The molecule has 0 bridgehead atoms. The van der Waals surface area contributed by atoms with Crippen molar-refractivity contribution in [1.82, 2.24) is 10.6 Å². The fourth-order valence-corrected chi connectivity index (χ4v) is 4.33. The highest BCUT2D eigenvalue weighted by atomic mass is 16.6. The van der Waals surface area contributed by atoms with E-state index >= 15 is 0 Å². The molecule has 8 heteroatoms. The normalized spacial score (nSPS) is 20.9. The topological polar surface area (TPSA) is 95.1 Å². The molecule has 1 aliphatic heterocycles.